The number of rotatable bonds is 15. The Morgan fingerprint density at radius 1 is 0.690 bits per heavy atom. The van der Waals surface area contributed by atoms with Crippen molar-refractivity contribution in [3.05, 3.63) is 130 Å². The van der Waals surface area contributed by atoms with Crippen LogP contribution in [0.1, 0.15) is 51.9 Å². The Labute approximate surface area is 251 Å². The van der Waals surface area contributed by atoms with Gasteiger partial charge in [-0.3, -0.25) is 9.69 Å². The van der Waals surface area contributed by atoms with Crippen molar-refractivity contribution in [2.45, 2.75) is 45.1 Å². The van der Waals surface area contributed by atoms with Crippen molar-refractivity contribution in [3.8, 4) is 11.1 Å². The number of aryl methyl sites for hydroxylation is 2. The summed E-state index contributed by atoms with van der Waals surface area (Å²) in [6.07, 6.45) is 3.68. The molecule has 0 aromatic heterocycles. The maximum absolute atomic E-state index is 14.3. The molecule has 4 rings (SSSR count). The lowest BCUT2D eigenvalue weighted by molar-refractivity contribution is -0.137. The van der Waals surface area contributed by atoms with Gasteiger partial charge in [-0.25, -0.2) is 9.18 Å². The van der Waals surface area contributed by atoms with E-state index in [0.29, 0.717) is 37.5 Å². The predicted molar refractivity (Wildman–Crippen MR) is 165 cm³/mol. The van der Waals surface area contributed by atoms with Gasteiger partial charge in [-0.15, -0.1) is 0 Å². The Balaban J connectivity index is 1.40. The summed E-state index contributed by atoms with van der Waals surface area (Å²) in [5, 5.41) is 18.9. The fourth-order valence-corrected chi connectivity index (χ4v) is 5.15. The fourth-order valence-electron chi connectivity index (χ4n) is 5.03. The van der Waals surface area contributed by atoms with Crippen LogP contribution < -0.4 is 0 Å². The molecule has 218 valence electrons. The van der Waals surface area contributed by atoms with Crippen LogP contribution in [-0.4, -0.2) is 40.1 Å². The van der Waals surface area contributed by atoms with Gasteiger partial charge in [0.2, 0.25) is 0 Å². The van der Waals surface area contributed by atoms with E-state index in [-0.39, 0.29) is 17.8 Å². The zero-order valence-corrected chi connectivity index (χ0v) is 24.2. The second-order valence-corrected chi connectivity index (χ2v) is 10.9. The van der Waals surface area contributed by atoms with E-state index in [4.69, 9.17) is 16.7 Å². The number of benzene rings is 4. The van der Waals surface area contributed by atoms with Gasteiger partial charge >= 0.3 is 11.9 Å². The summed E-state index contributed by atoms with van der Waals surface area (Å²) in [6, 6.07) is 28.0. The number of hydrogen-bond donors (Lipinski definition) is 2. The monoisotopic (exact) mass is 587 g/mol. The van der Waals surface area contributed by atoms with Gasteiger partial charge in [0.05, 0.1) is 5.56 Å². The van der Waals surface area contributed by atoms with E-state index in [1.807, 2.05) is 30.3 Å². The average molecular weight is 588 g/mol. The van der Waals surface area contributed by atoms with Crippen molar-refractivity contribution in [2.24, 2.45) is 0 Å². The Morgan fingerprint density at radius 2 is 1.33 bits per heavy atom. The van der Waals surface area contributed by atoms with E-state index in [0.717, 1.165) is 47.1 Å². The summed E-state index contributed by atoms with van der Waals surface area (Å²) >= 11 is 6.01. The normalized spacial score (nSPS) is 11.1. The first kappa shape index (κ1) is 30.9. The maximum atomic E-state index is 14.3. The summed E-state index contributed by atoms with van der Waals surface area (Å²) in [5.74, 6) is -2.05. The number of unbranched alkanes of at least 4 members (excludes halogenated alkanes) is 1. The molecule has 4 aromatic carbocycles. The first-order chi connectivity index (χ1) is 20.3. The lowest BCUT2D eigenvalue weighted by Crippen LogP contribution is -2.27. The van der Waals surface area contributed by atoms with Crippen molar-refractivity contribution in [1.82, 2.24) is 4.90 Å². The van der Waals surface area contributed by atoms with E-state index in [1.165, 1.54) is 11.6 Å². The molecule has 0 saturated heterocycles. The third kappa shape index (κ3) is 9.54. The van der Waals surface area contributed by atoms with E-state index in [1.54, 1.807) is 30.3 Å². The molecule has 0 aliphatic heterocycles. The topological polar surface area (TPSA) is 77.8 Å². The minimum Gasteiger partial charge on any atom is -0.481 e. The summed E-state index contributed by atoms with van der Waals surface area (Å²) in [5.41, 5.74) is 6.71. The summed E-state index contributed by atoms with van der Waals surface area (Å²) in [7, 11) is 0. The molecule has 5 nitrogen and oxygen atoms in total. The largest absolute Gasteiger partial charge is 0.481 e. The average Bonchev–Trinajstić information content (AvgIpc) is 2.98. The number of carboxylic acid groups (broad SMARTS) is 2. The van der Waals surface area contributed by atoms with Crippen LogP contribution in [0.2, 0.25) is 5.02 Å². The van der Waals surface area contributed by atoms with Gasteiger partial charge in [0, 0.05) is 24.5 Å². The van der Waals surface area contributed by atoms with Gasteiger partial charge in [0.1, 0.15) is 5.82 Å². The molecule has 0 bridgehead atoms. The minimum atomic E-state index is -0.969. The highest BCUT2D eigenvalue weighted by Crippen LogP contribution is 2.23. The van der Waals surface area contributed by atoms with Crippen molar-refractivity contribution >= 4 is 23.5 Å². The maximum Gasteiger partial charge on any atom is 0.335 e. The lowest BCUT2D eigenvalue weighted by Gasteiger charge is -2.23. The van der Waals surface area contributed by atoms with Crippen molar-refractivity contribution < 1.29 is 24.2 Å². The van der Waals surface area contributed by atoms with Crippen LogP contribution >= 0.6 is 11.6 Å². The van der Waals surface area contributed by atoms with Crippen LogP contribution in [0.3, 0.4) is 0 Å². The van der Waals surface area contributed by atoms with E-state index >= 15 is 0 Å². The van der Waals surface area contributed by atoms with Crippen LogP contribution in [0.25, 0.3) is 11.1 Å². The van der Waals surface area contributed by atoms with Crippen LogP contribution in [0.15, 0.2) is 91.0 Å². The molecule has 2 N–H and O–H groups in total. The summed E-state index contributed by atoms with van der Waals surface area (Å²) < 4.78 is 14.3. The van der Waals surface area contributed by atoms with Crippen LogP contribution in [0.5, 0.6) is 0 Å². The lowest BCUT2D eigenvalue weighted by atomic mass is 9.96. The molecular weight excluding hydrogens is 553 g/mol. The van der Waals surface area contributed by atoms with Crippen LogP contribution in [0, 0.1) is 5.82 Å². The number of nitrogens with zero attached hydrogens (tertiary/aromatic N) is 1. The predicted octanol–water partition coefficient (Wildman–Crippen LogP) is 7.93. The number of halogens is 2. The zero-order chi connectivity index (χ0) is 29.9. The third-order valence-corrected chi connectivity index (χ3v) is 7.65. The molecule has 0 aliphatic carbocycles. The van der Waals surface area contributed by atoms with Gasteiger partial charge in [-0.05, 0) is 108 Å². The summed E-state index contributed by atoms with van der Waals surface area (Å²) in [4.78, 5) is 24.4. The van der Waals surface area contributed by atoms with Crippen LogP contribution in [-0.2, 0) is 30.6 Å². The highest BCUT2D eigenvalue weighted by molar-refractivity contribution is 6.30. The Kier molecular flexibility index (Phi) is 11.3. The molecule has 4 aromatic rings. The van der Waals surface area contributed by atoms with E-state index in [2.05, 4.69) is 29.2 Å². The number of carboxylic acids is 2. The molecule has 0 fully saturated rings. The Morgan fingerprint density at radius 3 is 1.98 bits per heavy atom. The molecule has 0 amide bonds. The highest BCUT2D eigenvalue weighted by atomic mass is 35.5. The first-order valence-electron chi connectivity index (χ1n) is 14.2. The first-order valence-corrected chi connectivity index (χ1v) is 14.5. The van der Waals surface area contributed by atoms with Crippen LogP contribution in [0.4, 0.5) is 4.39 Å². The van der Waals surface area contributed by atoms with Gasteiger partial charge in [0.25, 0.3) is 0 Å². The molecule has 42 heavy (non-hydrogen) atoms. The molecule has 0 atom stereocenters. The smallest absolute Gasteiger partial charge is 0.335 e. The van der Waals surface area contributed by atoms with E-state index < -0.39 is 11.9 Å². The molecule has 0 heterocycles. The molecule has 0 unspecified atom stereocenters. The molecular formula is C35H35ClFNO4. The second kappa shape index (κ2) is 15.3. The van der Waals surface area contributed by atoms with Crippen molar-refractivity contribution in [2.75, 3.05) is 13.1 Å². The molecule has 0 saturated carbocycles. The molecule has 0 aliphatic rings. The quantitative estimate of drug-likeness (QED) is 0.138. The minimum absolute atomic E-state index is 0.121. The number of hydrogen-bond acceptors (Lipinski definition) is 3. The van der Waals surface area contributed by atoms with Gasteiger partial charge in [-0.2, -0.15) is 0 Å². The SMILES string of the molecule is O=C(O)CCCCN(CCc1cc(F)ccc1CCc1ccc(-c2ccc(Cl)cc2)cc1)Cc1ccc(C(=O)O)cc1. The van der Waals surface area contributed by atoms with Gasteiger partial charge in [-0.1, -0.05) is 66.2 Å². The fraction of sp³-hybridized carbons (Fsp3) is 0.257. The molecule has 0 spiro atoms. The number of aromatic carboxylic acids is 1. The third-order valence-electron chi connectivity index (χ3n) is 7.40. The van der Waals surface area contributed by atoms with Crippen molar-refractivity contribution in [1.29, 1.82) is 0 Å². The zero-order valence-electron chi connectivity index (χ0n) is 23.4. The highest BCUT2D eigenvalue weighted by Gasteiger charge is 2.12. The molecule has 0 radical (unpaired) electrons. The molecule has 7 heteroatoms. The van der Waals surface area contributed by atoms with Crippen molar-refractivity contribution in [3.63, 3.8) is 0 Å². The van der Waals surface area contributed by atoms with Gasteiger partial charge < -0.3 is 10.2 Å². The number of aliphatic carboxylic acids is 1. The summed E-state index contributed by atoms with van der Waals surface area (Å²) in [6.45, 7) is 1.95. The van der Waals surface area contributed by atoms with Gasteiger partial charge in [0.15, 0.2) is 0 Å². The van der Waals surface area contributed by atoms with E-state index in [9.17, 15) is 19.1 Å². The Bertz CT molecular complexity index is 1470. The standard InChI is InChI=1S/C35H35ClFNO4/c36-32-17-14-28(15-18-32)27-9-4-25(5-10-27)6-11-29-16-19-33(37)23-31(29)20-22-38(21-2-1-3-34(39)40)24-26-7-12-30(13-8-26)35(41)42/h4-5,7-10,12-19,23H,1-3,6,11,20-22,24H2,(H,39,40)(H,41,42). The Hall–Kier alpha value is -4.00. The number of carbonyl (C=O) groups is 2. The second-order valence-electron chi connectivity index (χ2n) is 10.5.